The zero-order valence-corrected chi connectivity index (χ0v) is 10.1. The summed E-state index contributed by atoms with van der Waals surface area (Å²) in [4.78, 5) is 11.4. The van der Waals surface area contributed by atoms with Gasteiger partial charge in [-0.2, -0.15) is 0 Å². The van der Waals surface area contributed by atoms with Gasteiger partial charge in [-0.05, 0) is 32.1 Å². The van der Waals surface area contributed by atoms with Crippen molar-refractivity contribution >= 4 is 5.97 Å². The number of hydrogen-bond acceptors (Lipinski definition) is 4. The van der Waals surface area contributed by atoms with E-state index in [2.05, 4.69) is 10.3 Å². The van der Waals surface area contributed by atoms with Crippen molar-refractivity contribution < 1.29 is 9.53 Å². The maximum atomic E-state index is 11.4. The van der Waals surface area contributed by atoms with E-state index >= 15 is 0 Å². The van der Waals surface area contributed by atoms with E-state index in [1.807, 2.05) is 10.9 Å². The van der Waals surface area contributed by atoms with Crippen LogP contribution in [0.4, 0.5) is 0 Å². The number of hydrogen-bond donors (Lipinski definition) is 0. The second-order valence-corrected chi connectivity index (χ2v) is 4.46. The fourth-order valence-electron chi connectivity index (χ4n) is 1.96. The molecular formula is C12H19N3O2. The van der Waals surface area contributed by atoms with Crippen molar-refractivity contribution in [1.29, 1.82) is 0 Å². The summed E-state index contributed by atoms with van der Waals surface area (Å²) in [5, 5.41) is 8.17. The summed E-state index contributed by atoms with van der Waals surface area (Å²) in [6.45, 7) is 1.51. The lowest BCUT2D eigenvalue weighted by Gasteiger charge is -2.05. The highest BCUT2D eigenvalue weighted by atomic mass is 16.5. The van der Waals surface area contributed by atoms with E-state index in [1.165, 1.54) is 0 Å². The summed E-state index contributed by atoms with van der Waals surface area (Å²) in [5.74, 6) is -0.0885. The molecule has 5 heteroatoms. The number of carbonyl (C=O) groups is 1. The van der Waals surface area contributed by atoms with Crippen molar-refractivity contribution in [3.63, 3.8) is 0 Å². The van der Waals surface area contributed by atoms with Crippen LogP contribution in [0.1, 0.15) is 44.2 Å². The number of nitrogens with zero attached hydrogens (tertiary/aromatic N) is 3. The molecule has 0 radical (unpaired) electrons. The third-order valence-corrected chi connectivity index (χ3v) is 2.94. The van der Waals surface area contributed by atoms with Crippen LogP contribution < -0.4 is 0 Å². The van der Waals surface area contributed by atoms with Crippen molar-refractivity contribution in [3.8, 4) is 0 Å². The van der Waals surface area contributed by atoms with Gasteiger partial charge in [-0.3, -0.25) is 9.48 Å². The summed E-state index contributed by atoms with van der Waals surface area (Å²) >= 11 is 0. The van der Waals surface area contributed by atoms with Gasteiger partial charge in [0.1, 0.15) is 0 Å². The highest BCUT2D eigenvalue weighted by Crippen LogP contribution is 2.07. The first-order valence-electron chi connectivity index (χ1n) is 6.39. The number of aryl methyl sites for hydroxylation is 2. The molecule has 2 bridgehead atoms. The fourth-order valence-corrected chi connectivity index (χ4v) is 1.96. The van der Waals surface area contributed by atoms with Gasteiger partial charge >= 0.3 is 5.97 Å². The van der Waals surface area contributed by atoms with Gasteiger partial charge in [-0.25, -0.2) is 0 Å². The molecule has 0 spiro atoms. The first kappa shape index (κ1) is 12.1. The normalized spacial score (nSPS) is 19.4. The zero-order chi connectivity index (χ0) is 11.9. The van der Waals surface area contributed by atoms with Crippen LogP contribution in [-0.4, -0.2) is 27.6 Å². The van der Waals surface area contributed by atoms with Crippen molar-refractivity contribution in [3.05, 3.63) is 11.9 Å². The molecule has 0 N–H and O–H groups in total. The Labute approximate surface area is 101 Å². The van der Waals surface area contributed by atoms with E-state index in [4.69, 9.17) is 4.74 Å². The lowest BCUT2D eigenvalue weighted by molar-refractivity contribution is -0.143. The monoisotopic (exact) mass is 237 g/mol. The topological polar surface area (TPSA) is 57.0 Å². The van der Waals surface area contributed by atoms with Crippen LogP contribution in [0, 0.1) is 0 Å². The van der Waals surface area contributed by atoms with E-state index in [9.17, 15) is 4.79 Å². The van der Waals surface area contributed by atoms with E-state index in [0.717, 1.165) is 50.8 Å². The number of aromatic nitrogens is 3. The van der Waals surface area contributed by atoms with Gasteiger partial charge in [0.05, 0.1) is 12.3 Å². The van der Waals surface area contributed by atoms with Crippen LogP contribution in [0.5, 0.6) is 0 Å². The predicted molar refractivity (Wildman–Crippen MR) is 62.4 cm³/mol. The van der Waals surface area contributed by atoms with Crippen LogP contribution >= 0.6 is 0 Å². The molecule has 0 saturated heterocycles. The van der Waals surface area contributed by atoms with Crippen molar-refractivity contribution in [2.75, 3.05) is 6.61 Å². The Morgan fingerprint density at radius 2 is 2.00 bits per heavy atom. The number of cyclic esters (lactones) is 1. The quantitative estimate of drug-likeness (QED) is 0.645. The molecular weight excluding hydrogens is 218 g/mol. The SMILES string of the molecule is O=C1CCCc2cn(nn2)CCCCCCO1. The first-order valence-corrected chi connectivity index (χ1v) is 6.39. The van der Waals surface area contributed by atoms with Crippen LogP contribution in [0.2, 0.25) is 0 Å². The molecule has 1 aliphatic rings. The van der Waals surface area contributed by atoms with Crippen LogP contribution in [0.3, 0.4) is 0 Å². The number of rotatable bonds is 0. The summed E-state index contributed by atoms with van der Waals surface area (Å²) < 4.78 is 7.05. The zero-order valence-electron chi connectivity index (χ0n) is 10.1. The van der Waals surface area contributed by atoms with Crippen LogP contribution in [-0.2, 0) is 22.5 Å². The lowest BCUT2D eigenvalue weighted by Crippen LogP contribution is -2.06. The van der Waals surface area contributed by atoms with Gasteiger partial charge in [-0.15, -0.1) is 5.10 Å². The average molecular weight is 237 g/mol. The molecule has 94 valence electrons. The second-order valence-electron chi connectivity index (χ2n) is 4.46. The van der Waals surface area contributed by atoms with Crippen LogP contribution in [0.15, 0.2) is 6.20 Å². The molecule has 0 fully saturated rings. The minimum absolute atomic E-state index is 0.0885. The summed E-state index contributed by atoms with van der Waals surface area (Å²) in [7, 11) is 0. The van der Waals surface area contributed by atoms with E-state index in [1.54, 1.807) is 0 Å². The molecule has 1 aromatic rings. The molecule has 5 nitrogen and oxygen atoms in total. The highest BCUT2D eigenvalue weighted by Gasteiger charge is 2.06. The number of ether oxygens (including phenoxy) is 1. The summed E-state index contributed by atoms with van der Waals surface area (Å²) in [6.07, 6.45) is 8.38. The molecule has 0 aromatic carbocycles. The molecule has 1 aromatic heterocycles. The van der Waals surface area contributed by atoms with Crippen LogP contribution in [0.25, 0.3) is 0 Å². The predicted octanol–water partition coefficient (Wildman–Crippen LogP) is 1.72. The summed E-state index contributed by atoms with van der Waals surface area (Å²) in [6, 6.07) is 0. The molecule has 0 unspecified atom stereocenters. The largest absolute Gasteiger partial charge is 0.466 e. The van der Waals surface area contributed by atoms with Crippen molar-refractivity contribution in [2.45, 2.75) is 51.5 Å². The Morgan fingerprint density at radius 1 is 1.12 bits per heavy atom. The Balaban J connectivity index is 1.90. The minimum Gasteiger partial charge on any atom is -0.466 e. The third kappa shape index (κ3) is 4.17. The number of esters is 1. The Hall–Kier alpha value is -1.39. The molecule has 0 atom stereocenters. The average Bonchev–Trinajstić information content (AvgIpc) is 2.75. The van der Waals surface area contributed by atoms with E-state index in [0.29, 0.717) is 13.0 Å². The smallest absolute Gasteiger partial charge is 0.305 e. The van der Waals surface area contributed by atoms with Gasteiger partial charge in [0, 0.05) is 19.2 Å². The standard InChI is InChI=1S/C12H19N3O2/c16-12-7-5-6-11-10-15(14-13-11)8-3-1-2-4-9-17-12/h10H,1-9H2. The van der Waals surface area contributed by atoms with Gasteiger partial charge in [0.2, 0.25) is 0 Å². The van der Waals surface area contributed by atoms with Gasteiger partial charge in [0.15, 0.2) is 0 Å². The summed E-state index contributed by atoms with van der Waals surface area (Å²) in [5.41, 5.74) is 0.967. The molecule has 2 rings (SSSR count). The highest BCUT2D eigenvalue weighted by molar-refractivity contribution is 5.69. The molecule has 1 aliphatic heterocycles. The molecule has 17 heavy (non-hydrogen) atoms. The lowest BCUT2D eigenvalue weighted by atomic mass is 10.2. The maximum Gasteiger partial charge on any atom is 0.305 e. The Kier molecular flexibility index (Phi) is 4.53. The van der Waals surface area contributed by atoms with Gasteiger partial charge in [0.25, 0.3) is 0 Å². The number of carbonyl (C=O) groups excluding carboxylic acids is 1. The molecule has 2 heterocycles. The molecule has 0 aliphatic carbocycles. The minimum atomic E-state index is -0.0885. The first-order chi connectivity index (χ1) is 8.34. The number of fused-ring (bicyclic) bond motifs is 2. The Bertz CT molecular complexity index is 362. The van der Waals surface area contributed by atoms with Crippen molar-refractivity contribution in [2.24, 2.45) is 0 Å². The molecule has 0 amide bonds. The van der Waals surface area contributed by atoms with E-state index in [-0.39, 0.29) is 5.97 Å². The van der Waals surface area contributed by atoms with Gasteiger partial charge in [-0.1, -0.05) is 11.6 Å². The van der Waals surface area contributed by atoms with Gasteiger partial charge < -0.3 is 4.74 Å². The fraction of sp³-hybridized carbons (Fsp3) is 0.750. The Morgan fingerprint density at radius 3 is 2.94 bits per heavy atom. The second kappa shape index (κ2) is 6.37. The third-order valence-electron chi connectivity index (χ3n) is 2.94. The molecule has 0 saturated carbocycles. The van der Waals surface area contributed by atoms with Crippen molar-refractivity contribution in [1.82, 2.24) is 15.0 Å². The maximum absolute atomic E-state index is 11.4. The van der Waals surface area contributed by atoms with E-state index < -0.39 is 0 Å².